The van der Waals surface area contributed by atoms with Crippen molar-refractivity contribution in [3.8, 4) is 6.07 Å². The van der Waals surface area contributed by atoms with Gasteiger partial charge in [0.05, 0.1) is 17.5 Å². The van der Waals surface area contributed by atoms with Gasteiger partial charge in [-0.25, -0.2) is 0 Å². The average molecular weight is 399 g/mol. The van der Waals surface area contributed by atoms with Crippen molar-refractivity contribution in [3.05, 3.63) is 23.5 Å². The van der Waals surface area contributed by atoms with E-state index in [0.29, 0.717) is 36.7 Å². The van der Waals surface area contributed by atoms with Crippen LogP contribution in [-0.4, -0.2) is 76.2 Å². The average Bonchev–Trinajstić information content (AvgIpc) is 3.31. The van der Waals surface area contributed by atoms with Gasteiger partial charge in [-0.05, 0) is 31.7 Å². The van der Waals surface area contributed by atoms with Crippen molar-refractivity contribution in [3.63, 3.8) is 0 Å². The molecule has 0 aliphatic carbocycles. The Morgan fingerprint density at radius 1 is 1.41 bits per heavy atom. The van der Waals surface area contributed by atoms with Crippen molar-refractivity contribution in [2.45, 2.75) is 45.7 Å². The first kappa shape index (κ1) is 20.9. The van der Waals surface area contributed by atoms with Crippen LogP contribution in [0.25, 0.3) is 0 Å². The SMILES string of the molecule is CCN(C)C(=O)[C@H]1C[C@H]2CN(C(=O)c3cc(C#N)c[nH]3)CC(=O)N2[C@H]1CC(C)C. The van der Waals surface area contributed by atoms with Crippen molar-refractivity contribution in [1.82, 2.24) is 19.7 Å². The molecule has 3 amide bonds. The Morgan fingerprint density at radius 3 is 2.72 bits per heavy atom. The van der Waals surface area contributed by atoms with Crippen LogP contribution >= 0.6 is 0 Å². The number of fused-ring (bicyclic) bond motifs is 1. The molecular weight excluding hydrogens is 370 g/mol. The zero-order chi connectivity index (χ0) is 21.3. The van der Waals surface area contributed by atoms with E-state index in [9.17, 15) is 14.4 Å². The molecule has 156 valence electrons. The lowest BCUT2D eigenvalue weighted by atomic mass is 9.91. The van der Waals surface area contributed by atoms with Gasteiger partial charge in [-0.1, -0.05) is 13.8 Å². The summed E-state index contributed by atoms with van der Waals surface area (Å²) in [6, 6.07) is 3.21. The van der Waals surface area contributed by atoms with E-state index in [-0.39, 0.29) is 42.3 Å². The highest BCUT2D eigenvalue weighted by molar-refractivity contribution is 5.96. The quantitative estimate of drug-likeness (QED) is 0.810. The summed E-state index contributed by atoms with van der Waals surface area (Å²) in [7, 11) is 1.79. The molecule has 3 heterocycles. The number of hydrogen-bond donors (Lipinski definition) is 1. The van der Waals surface area contributed by atoms with Crippen molar-refractivity contribution >= 4 is 17.7 Å². The fourth-order valence-corrected chi connectivity index (χ4v) is 4.52. The number of nitriles is 1. The normalized spacial score (nSPS) is 23.9. The van der Waals surface area contributed by atoms with E-state index < -0.39 is 0 Å². The first-order chi connectivity index (χ1) is 13.8. The van der Waals surface area contributed by atoms with E-state index >= 15 is 0 Å². The number of H-pyrrole nitrogens is 1. The van der Waals surface area contributed by atoms with Gasteiger partial charge < -0.3 is 19.7 Å². The standard InChI is InChI=1S/C21H29N5O3/c1-5-24(4)20(28)16-8-15-11-25(21(29)17-7-14(9-22)10-23-17)12-19(27)26(15)18(16)6-13(2)3/h7,10,13,15-16,18,23H,5-6,8,11-12H2,1-4H3/t15-,16-,18-/m0/s1. The first-order valence-corrected chi connectivity index (χ1v) is 10.2. The summed E-state index contributed by atoms with van der Waals surface area (Å²) in [5.41, 5.74) is 0.683. The van der Waals surface area contributed by atoms with Gasteiger partial charge in [0.1, 0.15) is 18.3 Å². The fourth-order valence-electron chi connectivity index (χ4n) is 4.52. The lowest BCUT2D eigenvalue weighted by molar-refractivity contribution is -0.141. The van der Waals surface area contributed by atoms with Crippen LogP contribution < -0.4 is 0 Å². The lowest BCUT2D eigenvalue weighted by Gasteiger charge is -2.40. The number of carbonyl (C=O) groups is 3. The number of aromatic nitrogens is 1. The zero-order valence-electron chi connectivity index (χ0n) is 17.5. The Labute approximate surface area is 171 Å². The van der Waals surface area contributed by atoms with Crippen LogP contribution in [0.5, 0.6) is 0 Å². The lowest BCUT2D eigenvalue weighted by Crippen LogP contribution is -2.58. The van der Waals surface area contributed by atoms with E-state index in [2.05, 4.69) is 18.8 Å². The number of nitrogens with zero attached hydrogens (tertiary/aromatic N) is 4. The topological polar surface area (TPSA) is 101 Å². The molecule has 2 saturated heterocycles. The predicted molar refractivity (Wildman–Crippen MR) is 107 cm³/mol. The Bertz CT molecular complexity index is 840. The monoisotopic (exact) mass is 399 g/mol. The van der Waals surface area contributed by atoms with Crippen molar-refractivity contribution < 1.29 is 14.4 Å². The molecule has 1 aromatic heterocycles. The van der Waals surface area contributed by atoms with E-state index in [0.717, 1.165) is 6.42 Å². The second kappa shape index (κ2) is 8.27. The summed E-state index contributed by atoms with van der Waals surface area (Å²) in [5, 5.41) is 8.96. The Kier molecular flexibility index (Phi) is 5.96. The van der Waals surface area contributed by atoms with Gasteiger partial charge in [0.15, 0.2) is 0 Å². The van der Waals surface area contributed by atoms with Crippen LogP contribution in [0.2, 0.25) is 0 Å². The zero-order valence-corrected chi connectivity index (χ0v) is 17.5. The summed E-state index contributed by atoms with van der Waals surface area (Å²) >= 11 is 0. The first-order valence-electron chi connectivity index (χ1n) is 10.2. The van der Waals surface area contributed by atoms with E-state index in [1.54, 1.807) is 11.9 Å². The molecule has 0 saturated carbocycles. The molecule has 1 aromatic rings. The molecule has 0 spiro atoms. The number of aromatic amines is 1. The fraction of sp³-hybridized carbons (Fsp3) is 0.619. The van der Waals surface area contributed by atoms with Crippen LogP contribution in [0.3, 0.4) is 0 Å². The maximum absolute atomic E-state index is 13.0. The molecule has 2 fully saturated rings. The minimum absolute atomic E-state index is 0.00460. The molecule has 8 heteroatoms. The van der Waals surface area contributed by atoms with Gasteiger partial charge in [-0.2, -0.15) is 5.26 Å². The third-order valence-corrected chi connectivity index (χ3v) is 6.00. The number of carbonyl (C=O) groups excluding carboxylic acids is 3. The van der Waals surface area contributed by atoms with Crippen molar-refractivity contribution in [2.75, 3.05) is 26.7 Å². The molecule has 0 radical (unpaired) electrons. The molecule has 29 heavy (non-hydrogen) atoms. The van der Waals surface area contributed by atoms with Gasteiger partial charge in [0.25, 0.3) is 5.91 Å². The van der Waals surface area contributed by atoms with Gasteiger partial charge in [0.2, 0.25) is 11.8 Å². The van der Waals surface area contributed by atoms with Gasteiger partial charge >= 0.3 is 0 Å². The number of nitrogens with one attached hydrogen (secondary N) is 1. The van der Waals surface area contributed by atoms with Crippen molar-refractivity contribution in [1.29, 1.82) is 5.26 Å². The van der Waals surface area contributed by atoms with Crippen LogP contribution in [0.4, 0.5) is 0 Å². The molecule has 8 nitrogen and oxygen atoms in total. The molecule has 1 N–H and O–H groups in total. The molecule has 0 bridgehead atoms. The van der Waals surface area contributed by atoms with Crippen LogP contribution in [0.15, 0.2) is 12.3 Å². The van der Waals surface area contributed by atoms with Crippen molar-refractivity contribution in [2.24, 2.45) is 11.8 Å². The predicted octanol–water partition coefficient (Wildman–Crippen LogP) is 1.45. The van der Waals surface area contributed by atoms with Crippen LogP contribution in [-0.2, 0) is 9.59 Å². The minimum Gasteiger partial charge on any atom is -0.356 e. The van der Waals surface area contributed by atoms with E-state index in [4.69, 9.17) is 5.26 Å². The number of piperazine rings is 1. The maximum atomic E-state index is 13.0. The number of rotatable bonds is 5. The number of hydrogen-bond acceptors (Lipinski definition) is 4. The molecular formula is C21H29N5O3. The number of amides is 3. The molecule has 2 aliphatic heterocycles. The summed E-state index contributed by atoms with van der Waals surface area (Å²) in [5.74, 6) is -0.206. The van der Waals surface area contributed by atoms with Crippen LogP contribution in [0, 0.1) is 23.2 Å². The Hall–Kier alpha value is -2.82. The molecule has 2 aliphatic rings. The summed E-state index contributed by atoms with van der Waals surface area (Å²) in [4.78, 5) is 46.7. The summed E-state index contributed by atoms with van der Waals surface area (Å²) < 4.78 is 0. The largest absolute Gasteiger partial charge is 0.356 e. The van der Waals surface area contributed by atoms with E-state index in [1.807, 2.05) is 17.9 Å². The van der Waals surface area contributed by atoms with Gasteiger partial charge in [0, 0.05) is 32.4 Å². The summed E-state index contributed by atoms with van der Waals surface area (Å²) in [6.07, 6.45) is 2.82. The van der Waals surface area contributed by atoms with Gasteiger partial charge in [-0.15, -0.1) is 0 Å². The molecule has 3 rings (SSSR count). The third kappa shape index (κ3) is 4.00. The van der Waals surface area contributed by atoms with E-state index in [1.165, 1.54) is 17.2 Å². The highest BCUT2D eigenvalue weighted by Crippen LogP contribution is 2.37. The third-order valence-electron chi connectivity index (χ3n) is 6.00. The molecule has 0 aromatic carbocycles. The highest BCUT2D eigenvalue weighted by atomic mass is 16.2. The minimum atomic E-state index is -0.291. The molecule has 0 unspecified atom stereocenters. The second-order valence-electron chi connectivity index (χ2n) is 8.45. The summed E-state index contributed by atoms with van der Waals surface area (Å²) in [6.45, 7) is 7.16. The highest BCUT2D eigenvalue weighted by Gasteiger charge is 2.50. The molecule has 3 atom stereocenters. The van der Waals surface area contributed by atoms with Gasteiger partial charge in [-0.3, -0.25) is 14.4 Å². The Morgan fingerprint density at radius 2 is 2.14 bits per heavy atom. The van der Waals surface area contributed by atoms with Crippen LogP contribution in [0.1, 0.15) is 49.7 Å². The maximum Gasteiger partial charge on any atom is 0.270 e. The second-order valence-corrected chi connectivity index (χ2v) is 8.45. The Balaban J connectivity index is 1.82. The smallest absolute Gasteiger partial charge is 0.270 e.